The van der Waals surface area contributed by atoms with Crippen molar-refractivity contribution in [1.29, 1.82) is 0 Å². The van der Waals surface area contributed by atoms with E-state index in [-0.39, 0.29) is 0 Å². The van der Waals surface area contributed by atoms with Crippen LogP contribution in [0.25, 0.3) is 0 Å². The van der Waals surface area contributed by atoms with Crippen LogP contribution >= 0.6 is 0 Å². The maximum Gasteiger partial charge on any atom is 0.132 e. The lowest BCUT2D eigenvalue weighted by atomic mass is 10.1. The number of nitrogens with one attached hydrogen (secondary N) is 1. The quantitative estimate of drug-likeness (QED) is 0.814. The van der Waals surface area contributed by atoms with Crippen molar-refractivity contribution in [3.8, 4) is 0 Å². The number of aromatic nitrogens is 2. The second kappa shape index (κ2) is 6.69. The van der Waals surface area contributed by atoms with Crippen molar-refractivity contribution in [2.45, 2.75) is 39.0 Å². The summed E-state index contributed by atoms with van der Waals surface area (Å²) in [4.78, 5) is 8.83. The second-order valence-electron chi connectivity index (χ2n) is 5.15. The first kappa shape index (κ1) is 13.3. The van der Waals surface area contributed by atoms with Crippen LogP contribution in [0.1, 0.15) is 37.4 Å². The van der Waals surface area contributed by atoms with Crippen LogP contribution in [0.2, 0.25) is 0 Å². The largest absolute Gasteiger partial charge is 0.384 e. The van der Waals surface area contributed by atoms with Crippen LogP contribution in [0, 0.1) is 5.92 Å². The van der Waals surface area contributed by atoms with Gasteiger partial charge >= 0.3 is 0 Å². The second-order valence-corrected chi connectivity index (χ2v) is 5.15. The van der Waals surface area contributed by atoms with Crippen molar-refractivity contribution < 1.29 is 4.74 Å². The molecule has 0 aliphatic heterocycles. The highest BCUT2D eigenvalue weighted by molar-refractivity contribution is 5.46. The van der Waals surface area contributed by atoms with Gasteiger partial charge in [-0.2, -0.15) is 0 Å². The number of aryl methyl sites for hydroxylation is 1. The van der Waals surface area contributed by atoms with Crippen LogP contribution in [0.4, 0.5) is 5.82 Å². The van der Waals surface area contributed by atoms with Crippen LogP contribution < -0.4 is 5.32 Å². The van der Waals surface area contributed by atoms with Crippen molar-refractivity contribution in [3.63, 3.8) is 0 Å². The van der Waals surface area contributed by atoms with Crippen molar-refractivity contribution in [1.82, 2.24) is 9.97 Å². The fourth-order valence-electron chi connectivity index (χ4n) is 2.46. The normalized spacial score (nSPS) is 16.8. The Morgan fingerprint density at radius 3 is 2.94 bits per heavy atom. The molecule has 0 saturated heterocycles. The summed E-state index contributed by atoms with van der Waals surface area (Å²) < 4.78 is 5.15. The number of methoxy groups -OCH3 is 1. The van der Waals surface area contributed by atoms with Gasteiger partial charge in [0.15, 0.2) is 0 Å². The van der Waals surface area contributed by atoms with Gasteiger partial charge in [0.2, 0.25) is 0 Å². The Hall–Kier alpha value is -1.16. The van der Waals surface area contributed by atoms with Gasteiger partial charge in [-0.05, 0) is 31.6 Å². The third-order valence-electron chi connectivity index (χ3n) is 3.44. The Morgan fingerprint density at radius 1 is 1.28 bits per heavy atom. The van der Waals surface area contributed by atoms with E-state index in [0.717, 1.165) is 31.8 Å². The first-order valence-corrected chi connectivity index (χ1v) is 6.87. The molecule has 1 N–H and O–H groups in total. The molecule has 4 nitrogen and oxygen atoms in total. The van der Waals surface area contributed by atoms with E-state index in [1.165, 1.54) is 30.5 Å². The van der Waals surface area contributed by atoms with Crippen molar-refractivity contribution in [2.75, 3.05) is 25.6 Å². The van der Waals surface area contributed by atoms with Gasteiger partial charge in [0.05, 0.1) is 6.61 Å². The maximum atomic E-state index is 5.15. The van der Waals surface area contributed by atoms with Crippen molar-refractivity contribution in [2.24, 2.45) is 5.92 Å². The Kier molecular flexibility index (Phi) is 4.93. The molecule has 0 amide bonds. The van der Waals surface area contributed by atoms with Gasteiger partial charge < -0.3 is 10.1 Å². The minimum absolute atomic E-state index is 0.492. The Bertz CT molecular complexity index is 381. The molecule has 18 heavy (non-hydrogen) atoms. The highest BCUT2D eigenvalue weighted by Gasteiger charge is 2.14. The summed E-state index contributed by atoms with van der Waals surface area (Å²) in [6.07, 6.45) is 7.70. The average Bonchev–Trinajstić information content (AvgIpc) is 2.62. The van der Waals surface area contributed by atoms with E-state index < -0.39 is 0 Å². The van der Waals surface area contributed by atoms with E-state index in [1.54, 1.807) is 13.4 Å². The van der Waals surface area contributed by atoms with Gasteiger partial charge in [-0.3, -0.25) is 0 Å². The number of hydrogen-bond donors (Lipinski definition) is 1. The zero-order chi connectivity index (χ0) is 12.8. The molecule has 0 bridgehead atoms. The fraction of sp³-hybridized carbons (Fsp3) is 0.714. The minimum atomic E-state index is 0.492. The van der Waals surface area contributed by atoms with Crippen molar-refractivity contribution >= 4 is 5.82 Å². The van der Waals surface area contributed by atoms with E-state index in [9.17, 15) is 0 Å². The van der Waals surface area contributed by atoms with Crippen LogP contribution in [-0.4, -0.2) is 30.2 Å². The summed E-state index contributed by atoms with van der Waals surface area (Å²) >= 11 is 0. The molecule has 1 aliphatic carbocycles. The predicted molar refractivity (Wildman–Crippen MR) is 72.8 cm³/mol. The molecule has 0 radical (unpaired) electrons. The van der Waals surface area contributed by atoms with Gasteiger partial charge in [0.1, 0.15) is 12.1 Å². The molecular formula is C14H23N3O. The topological polar surface area (TPSA) is 47.0 Å². The number of fused-ring (bicyclic) bond motifs is 1. The Balaban J connectivity index is 2.04. The smallest absolute Gasteiger partial charge is 0.132 e. The predicted octanol–water partition coefficient (Wildman–Crippen LogP) is 2.44. The molecule has 0 saturated carbocycles. The summed E-state index contributed by atoms with van der Waals surface area (Å²) in [5.74, 6) is 1.52. The van der Waals surface area contributed by atoms with Crippen LogP contribution in [0.15, 0.2) is 6.33 Å². The molecule has 0 fully saturated rings. The van der Waals surface area contributed by atoms with Gasteiger partial charge in [-0.25, -0.2) is 9.97 Å². The first-order valence-electron chi connectivity index (χ1n) is 6.87. The lowest BCUT2D eigenvalue weighted by Gasteiger charge is -2.15. The molecule has 1 aliphatic rings. The summed E-state index contributed by atoms with van der Waals surface area (Å²) in [7, 11) is 1.74. The molecule has 1 atom stereocenters. The lowest BCUT2D eigenvalue weighted by Crippen LogP contribution is -2.18. The van der Waals surface area contributed by atoms with Gasteiger partial charge in [-0.1, -0.05) is 13.3 Å². The van der Waals surface area contributed by atoms with Crippen LogP contribution in [-0.2, 0) is 17.6 Å². The molecule has 2 rings (SSSR count). The van der Waals surface area contributed by atoms with Gasteiger partial charge in [0.25, 0.3) is 0 Å². The van der Waals surface area contributed by atoms with Gasteiger partial charge in [0, 0.05) is 24.9 Å². The van der Waals surface area contributed by atoms with Crippen LogP contribution in [0.3, 0.4) is 0 Å². The summed E-state index contributed by atoms with van der Waals surface area (Å²) in [6, 6.07) is 0. The van der Waals surface area contributed by atoms with E-state index in [1.807, 2.05) is 0 Å². The SMILES string of the molecule is COCC(C)CNc1ncnc2c1CCCCC2. The average molecular weight is 249 g/mol. The number of anilines is 1. The standard InChI is InChI=1S/C14H23N3O/c1-11(9-18-2)8-15-14-12-6-4-3-5-7-13(12)16-10-17-14/h10-11H,3-9H2,1-2H3,(H,15,16,17). The lowest BCUT2D eigenvalue weighted by molar-refractivity contribution is 0.164. The molecular weight excluding hydrogens is 226 g/mol. The fourth-order valence-corrected chi connectivity index (χ4v) is 2.46. The number of nitrogens with zero attached hydrogens (tertiary/aromatic N) is 2. The Morgan fingerprint density at radius 2 is 2.11 bits per heavy atom. The first-order chi connectivity index (χ1) is 8.81. The van der Waals surface area contributed by atoms with E-state index in [0.29, 0.717) is 5.92 Å². The third-order valence-corrected chi connectivity index (χ3v) is 3.44. The molecule has 1 unspecified atom stereocenters. The Labute approximate surface area is 109 Å². The third kappa shape index (κ3) is 3.42. The zero-order valence-corrected chi connectivity index (χ0v) is 11.4. The molecule has 1 aromatic heterocycles. The number of ether oxygens (including phenoxy) is 1. The van der Waals surface area contributed by atoms with E-state index in [4.69, 9.17) is 4.74 Å². The summed E-state index contributed by atoms with van der Waals surface area (Å²) in [5.41, 5.74) is 2.57. The van der Waals surface area contributed by atoms with E-state index in [2.05, 4.69) is 22.2 Å². The van der Waals surface area contributed by atoms with Crippen molar-refractivity contribution in [3.05, 3.63) is 17.6 Å². The number of rotatable bonds is 5. The van der Waals surface area contributed by atoms with Crippen LogP contribution in [0.5, 0.6) is 0 Å². The maximum absolute atomic E-state index is 5.15. The molecule has 1 heterocycles. The number of hydrogen-bond acceptors (Lipinski definition) is 4. The highest BCUT2D eigenvalue weighted by atomic mass is 16.5. The molecule has 1 aromatic rings. The monoisotopic (exact) mass is 249 g/mol. The summed E-state index contributed by atoms with van der Waals surface area (Å²) in [5, 5.41) is 3.45. The zero-order valence-electron chi connectivity index (χ0n) is 11.4. The molecule has 0 spiro atoms. The summed E-state index contributed by atoms with van der Waals surface area (Å²) in [6.45, 7) is 3.86. The van der Waals surface area contributed by atoms with Gasteiger partial charge in [-0.15, -0.1) is 0 Å². The molecule has 4 heteroatoms. The molecule has 100 valence electrons. The molecule has 0 aromatic carbocycles. The minimum Gasteiger partial charge on any atom is -0.384 e. The van der Waals surface area contributed by atoms with E-state index >= 15 is 0 Å². The highest BCUT2D eigenvalue weighted by Crippen LogP contribution is 2.23.